The normalized spacial score (nSPS) is 30.2. The lowest BCUT2D eigenvalue weighted by atomic mass is 9.77. The number of ether oxygens (including phenoxy) is 2. The summed E-state index contributed by atoms with van der Waals surface area (Å²) in [4.78, 5) is 39.3. The third-order valence-electron chi connectivity index (χ3n) is 5.49. The van der Waals surface area contributed by atoms with Crippen LogP contribution in [-0.4, -0.2) is 47.7 Å². The molecule has 7 heteroatoms. The minimum Gasteiger partial charge on any atom is -0.449 e. The van der Waals surface area contributed by atoms with E-state index in [1.165, 1.54) is 4.90 Å². The van der Waals surface area contributed by atoms with Gasteiger partial charge in [-0.2, -0.15) is 0 Å². The highest BCUT2D eigenvalue weighted by Crippen LogP contribution is 2.51. The lowest BCUT2D eigenvalue weighted by Gasteiger charge is -2.29. The van der Waals surface area contributed by atoms with Crippen molar-refractivity contribution in [3.05, 3.63) is 48.0 Å². The van der Waals surface area contributed by atoms with E-state index in [-0.39, 0.29) is 30.8 Å². The quantitative estimate of drug-likeness (QED) is 0.598. The number of hydrogen-bond acceptors (Lipinski definition) is 5. The molecular formula is C21H24N2O5. The molecule has 1 N–H and O–H groups in total. The van der Waals surface area contributed by atoms with Crippen LogP contribution in [0.4, 0.5) is 4.79 Å². The zero-order chi connectivity index (χ0) is 19.9. The molecule has 4 atom stereocenters. The van der Waals surface area contributed by atoms with E-state index in [1.54, 1.807) is 6.08 Å². The Bertz CT molecular complexity index is 821. The van der Waals surface area contributed by atoms with Crippen molar-refractivity contribution in [1.29, 1.82) is 0 Å². The van der Waals surface area contributed by atoms with Crippen LogP contribution in [0.2, 0.25) is 0 Å². The van der Waals surface area contributed by atoms with Crippen molar-refractivity contribution in [1.82, 2.24) is 10.2 Å². The second-order valence-corrected chi connectivity index (χ2v) is 7.99. The van der Waals surface area contributed by atoms with Gasteiger partial charge in [-0.3, -0.25) is 14.5 Å². The first-order valence-electron chi connectivity index (χ1n) is 9.58. The van der Waals surface area contributed by atoms with Crippen molar-refractivity contribution in [3.8, 4) is 0 Å². The highest BCUT2D eigenvalue weighted by atomic mass is 16.6. The van der Waals surface area contributed by atoms with E-state index in [0.29, 0.717) is 6.61 Å². The van der Waals surface area contributed by atoms with Gasteiger partial charge in [-0.1, -0.05) is 56.3 Å². The molecule has 0 aromatic heterocycles. The van der Waals surface area contributed by atoms with Crippen molar-refractivity contribution in [2.45, 2.75) is 32.1 Å². The van der Waals surface area contributed by atoms with Crippen LogP contribution >= 0.6 is 0 Å². The molecule has 1 aromatic carbocycles. The van der Waals surface area contributed by atoms with Crippen molar-refractivity contribution >= 4 is 17.9 Å². The second-order valence-electron chi connectivity index (χ2n) is 7.99. The third kappa shape index (κ3) is 3.09. The first-order valence-corrected chi connectivity index (χ1v) is 9.58. The highest BCUT2D eigenvalue weighted by molar-refractivity contribution is 6.07. The zero-order valence-corrected chi connectivity index (χ0v) is 16.0. The van der Waals surface area contributed by atoms with E-state index < -0.39 is 29.6 Å². The molecule has 1 aromatic rings. The summed E-state index contributed by atoms with van der Waals surface area (Å²) in [5.41, 5.74) is -0.0977. The van der Waals surface area contributed by atoms with Crippen LogP contribution in [0.1, 0.15) is 19.4 Å². The average Bonchev–Trinajstić information content (AvgIpc) is 3.32. The van der Waals surface area contributed by atoms with Crippen LogP contribution in [0, 0.1) is 17.8 Å². The van der Waals surface area contributed by atoms with E-state index in [4.69, 9.17) is 9.47 Å². The van der Waals surface area contributed by atoms with Gasteiger partial charge in [0.1, 0.15) is 5.60 Å². The Kier molecular flexibility index (Phi) is 4.71. The molecule has 0 saturated carbocycles. The number of nitrogens with zero attached hydrogens (tertiary/aromatic N) is 1. The summed E-state index contributed by atoms with van der Waals surface area (Å²) in [5, 5.41) is 2.69. The van der Waals surface area contributed by atoms with Crippen LogP contribution in [0.15, 0.2) is 42.5 Å². The molecule has 0 spiro atoms. The molecule has 3 aliphatic heterocycles. The Labute approximate surface area is 163 Å². The largest absolute Gasteiger partial charge is 0.449 e. The fourth-order valence-electron chi connectivity index (χ4n) is 4.19. The number of imide groups is 1. The molecule has 3 amide bonds. The summed E-state index contributed by atoms with van der Waals surface area (Å²) in [5.74, 6) is -1.38. The summed E-state index contributed by atoms with van der Waals surface area (Å²) in [7, 11) is 0. The molecule has 2 bridgehead atoms. The van der Waals surface area contributed by atoms with Gasteiger partial charge in [0, 0.05) is 0 Å². The van der Waals surface area contributed by atoms with Gasteiger partial charge in [0.25, 0.3) is 0 Å². The maximum Gasteiger partial charge on any atom is 0.407 e. The van der Waals surface area contributed by atoms with Gasteiger partial charge < -0.3 is 14.8 Å². The van der Waals surface area contributed by atoms with E-state index in [0.717, 1.165) is 5.56 Å². The molecule has 2 saturated heterocycles. The van der Waals surface area contributed by atoms with E-state index in [9.17, 15) is 14.4 Å². The fraction of sp³-hybridized carbons (Fsp3) is 0.476. The topological polar surface area (TPSA) is 84.9 Å². The fourth-order valence-corrected chi connectivity index (χ4v) is 4.19. The molecule has 2 fully saturated rings. The van der Waals surface area contributed by atoms with Gasteiger partial charge in [0.2, 0.25) is 11.8 Å². The van der Waals surface area contributed by atoms with Crippen LogP contribution < -0.4 is 5.32 Å². The van der Waals surface area contributed by atoms with Gasteiger partial charge >= 0.3 is 6.09 Å². The molecule has 0 aliphatic carbocycles. The molecule has 0 radical (unpaired) electrons. The highest BCUT2D eigenvalue weighted by Gasteiger charge is 2.67. The van der Waals surface area contributed by atoms with Gasteiger partial charge in [-0.25, -0.2) is 4.79 Å². The predicted molar refractivity (Wildman–Crippen MR) is 99.9 cm³/mol. The summed E-state index contributed by atoms with van der Waals surface area (Å²) < 4.78 is 11.1. The molecule has 4 rings (SSSR count). The van der Waals surface area contributed by atoms with Gasteiger partial charge in [-0.15, -0.1) is 0 Å². The molecule has 28 heavy (non-hydrogen) atoms. The summed E-state index contributed by atoms with van der Waals surface area (Å²) in [6.07, 6.45) is 2.64. The Morgan fingerprint density at radius 2 is 2.00 bits per heavy atom. The average molecular weight is 384 g/mol. The van der Waals surface area contributed by atoms with Crippen molar-refractivity contribution in [3.63, 3.8) is 0 Å². The van der Waals surface area contributed by atoms with Crippen LogP contribution in [0.5, 0.6) is 0 Å². The third-order valence-corrected chi connectivity index (χ3v) is 5.49. The summed E-state index contributed by atoms with van der Waals surface area (Å²) in [6.45, 7) is 4.55. The Morgan fingerprint density at radius 1 is 1.25 bits per heavy atom. The van der Waals surface area contributed by atoms with Gasteiger partial charge in [0.05, 0.1) is 37.6 Å². The van der Waals surface area contributed by atoms with E-state index in [1.807, 2.05) is 50.3 Å². The molecular weight excluding hydrogens is 360 g/mol. The Morgan fingerprint density at radius 3 is 2.71 bits per heavy atom. The summed E-state index contributed by atoms with van der Waals surface area (Å²) >= 11 is 0. The Hall–Kier alpha value is -2.67. The van der Waals surface area contributed by atoms with Crippen molar-refractivity contribution in [2.75, 3.05) is 13.2 Å². The molecule has 148 valence electrons. The van der Waals surface area contributed by atoms with Crippen LogP contribution in [-0.2, 0) is 25.6 Å². The number of fused-ring (bicyclic) bond motifs is 5. The first kappa shape index (κ1) is 18.7. The first-order chi connectivity index (χ1) is 13.4. The number of carbonyl (C=O) groups excluding carboxylic acids is 3. The molecule has 3 aliphatic rings. The number of benzene rings is 1. The number of amides is 3. The lowest BCUT2D eigenvalue weighted by molar-refractivity contribution is -0.144. The molecule has 7 nitrogen and oxygen atoms in total. The maximum absolute atomic E-state index is 13.1. The maximum atomic E-state index is 13.1. The minimum absolute atomic E-state index is 0.0935. The van der Waals surface area contributed by atoms with Crippen LogP contribution in [0.25, 0.3) is 0 Å². The van der Waals surface area contributed by atoms with E-state index >= 15 is 0 Å². The number of hydrogen-bond donors (Lipinski definition) is 1. The standard InChI is InChI=1S/C21H24N2O5/c1-13(2)11-27-20(26)22-12-21-9-8-15(28-21)16-17(21)19(25)23(18(16)24)10-14-6-4-3-5-7-14/h3-9,13,15-17H,10-12H2,1-2H3,(H,22,26)/t15-,16-,17-,21-/m1/s1. The van der Waals surface area contributed by atoms with Crippen molar-refractivity contribution < 1.29 is 23.9 Å². The minimum atomic E-state index is -0.996. The zero-order valence-electron chi connectivity index (χ0n) is 16.0. The lowest BCUT2D eigenvalue weighted by Crippen LogP contribution is -2.48. The number of nitrogens with one attached hydrogen (secondary N) is 1. The molecule has 3 heterocycles. The SMILES string of the molecule is CC(C)COC(=O)NC[C@@]12C=C[C@@H](O1)[C@H]1C(=O)N(Cc3ccccc3)C(=O)[C@@H]12. The van der Waals surface area contributed by atoms with Crippen molar-refractivity contribution in [2.24, 2.45) is 17.8 Å². The van der Waals surface area contributed by atoms with Gasteiger partial charge in [-0.05, 0) is 11.5 Å². The number of alkyl carbamates (subject to hydrolysis) is 1. The number of rotatable bonds is 6. The van der Waals surface area contributed by atoms with Crippen LogP contribution in [0.3, 0.4) is 0 Å². The number of carbonyl (C=O) groups is 3. The summed E-state index contributed by atoms with van der Waals surface area (Å²) in [6, 6.07) is 9.43. The monoisotopic (exact) mass is 384 g/mol. The van der Waals surface area contributed by atoms with E-state index in [2.05, 4.69) is 5.32 Å². The van der Waals surface area contributed by atoms with Gasteiger partial charge in [0.15, 0.2) is 0 Å². The molecule has 0 unspecified atom stereocenters. The predicted octanol–water partition coefficient (Wildman–Crippen LogP) is 1.88. The second kappa shape index (κ2) is 7.05. The Balaban J connectivity index is 1.48. The number of likely N-dealkylation sites (tertiary alicyclic amines) is 1. The smallest absolute Gasteiger partial charge is 0.407 e.